The van der Waals surface area contributed by atoms with Gasteiger partial charge in [-0.05, 0) is 106 Å². The van der Waals surface area contributed by atoms with Gasteiger partial charge in [0.15, 0.2) is 6.73 Å². The fourth-order valence-electron chi connectivity index (χ4n) is 11.4. The third-order valence-corrected chi connectivity index (χ3v) is 21.1. The molecule has 2 heterocycles. The van der Waals surface area contributed by atoms with Crippen LogP contribution in [0.5, 0.6) is 5.75 Å². The number of hydrogen-bond acceptors (Lipinski definition) is 23. The maximum Gasteiger partial charge on any atom is 0.426 e. The largest absolute Gasteiger partial charge is 0.508 e. The molecular formula is C72H105N13O22S3. The highest BCUT2D eigenvalue weighted by molar-refractivity contribution is 8.76. The number of nitrogens with one attached hydrogen (secondary N) is 10. The highest BCUT2D eigenvalue weighted by atomic mass is 33.1. The van der Waals surface area contributed by atoms with Crippen LogP contribution in [0.15, 0.2) is 60.0 Å². The summed E-state index contributed by atoms with van der Waals surface area (Å²) in [6.07, 6.45) is 1.71. The first-order valence-corrected chi connectivity index (χ1v) is 39.8. The van der Waals surface area contributed by atoms with Crippen LogP contribution in [0.4, 0.5) is 9.59 Å². The first-order valence-electron chi connectivity index (χ1n) is 36.4. The number of likely N-dealkylation sites (tertiary alicyclic amines) is 1. The number of carboxylic acids is 4. The summed E-state index contributed by atoms with van der Waals surface area (Å²) in [6, 6.07) is 5.10. The number of nitrogens with zero attached hydrogens (tertiary/aromatic N) is 3. The minimum Gasteiger partial charge on any atom is -0.508 e. The van der Waals surface area contributed by atoms with Crippen molar-refractivity contribution in [1.29, 1.82) is 0 Å². The number of phenols is 1. The van der Waals surface area contributed by atoms with E-state index in [0.717, 1.165) is 46.5 Å². The number of carboxylic acid groups (broad SMARTS) is 4. The number of aromatic hydroxyl groups is 1. The lowest BCUT2D eigenvalue weighted by atomic mass is 9.93. The Morgan fingerprint density at radius 3 is 1.95 bits per heavy atom. The van der Waals surface area contributed by atoms with Crippen molar-refractivity contribution in [2.75, 3.05) is 51.5 Å². The van der Waals surface area contributed by atoms with Crippen LogP contribution < -0.4 is 53.4 Å². The normalized spacial score (nSPS) is 15.1. The molecule has 1 aliphatic rings. The number of benzene rings is 2. The zero-order valence-electron chi connectivity index (χ0n) is 62.8. The molecule has 35 nitrogen and oxygen atoms in total. The number of esters is 1. The quantitative estimate of drug-likeness (QED) is 0.0126. The molecule has 10 atom stereocenters. The summed E-state index contributed by atoms with van der Waals surface area (Å²) >= 11 is 1.25. The Labute approximate surface area is 649 Å². The second-order valence-corrected chi connectivity index (χ2v) is 30.5. The molecule has 15 N–H and O–H groups in total. The number of amides is 11. The number of carbonyl (C=O) groups is 15. The van der Waals surface area contributed by atoms with Crippen LogP contribution in [-0.4, -0.2) is 229 Å². The van der Waals surface area contributed by atoms with E-state index in [-0.39, 0.29) is 111 Å². The number of aryl methyl sites for hydroxylation is 1. The number of carbonyl (C=O) groups excluding carboxylic acids is 11. The van der Waals surface area contributed by atoms with E-state index in [9.17, 15) is 92.3 Å². The predicted octanol–water partition coefficient (Wildman–Crippen LogP) is 3.62. The highest BCUT2D eigenvalue weighted by Crippen LogP contribution is 2.26. The molecule has 0 bridgehead atoms. The van der Waals surface area contributed by atoms with Crippen molar-refractivity contribution in [3.63, 3.8) is 0 Å². The Kier molecular flexibility index (Phi) is 41.5. The summed E-state index contributed by atoms with van der Waals surface area (Å²) < 4.78 is 10.9. The minimum atomic E-state index is -1.63. The Morgan fingerprint density at radius 2 is 1.33 bits per heavy atom. The van der Waals surface area contributed by atoms with Gasteiger partial charge in [0.25, 0.3) is 5.91 Å². The van der Waals surface area contributed by atoms with Gasteiger partial charge in [0, 0.05) is 80.0 Å². The second-order valence-electron chi connectivity index (χ2n) is 26.9. The van der Waals surface area contributed by atoms with E-state index < -0.39 is 158 Å². The standard InChI is InChI=1S/C72H105N13O22S3/c1-8-16-61(92)107-41-85(67(97)62(43(5)9-2)81-66(96)55-19-13-14-32-84(55)7)54(42(3)4)27-29-59-77-52(39-108-59)65(95)75-47(36-46-21-23-48(86)24-22-46)35-44(6)63(93)82-83-72(105)106-33-34-109-110-40-53(70(102)103)78-64(94)51(37-45-17-11-10-12-18-45)76-58(89)38-74-56(87)20-15-31-73-57(88)28-25-49(68(98)99)79-71(104)80-50(69(100)101)26-30-60(90)91/h10-12,17-18,21-24,39,42-44,47,49-51,53-55,62,86H,8-9,13-16,19-20,25-38,40-41H2,1-7H3,(H,73,88)(H,74,87)(H,75,95)(H,76,89)(H,78,94)(H,81,96)(H,82,93)(H,83,105)(H,90,91)(H,98,99)(H,100,101)(H,102,103)(H2,79,80,104). The summed E-state index contributed by atoms with van der Waals surface area (Å²) in [5, 5.41) is 69.7. The SMILES string of the molecule is CCCC(=O)OCN(C(=O)C(NC(=O)C1CCCCN1C)C(C)CC)C(CCc1nc(C(=O)NC(Cc2ccc(O)cc2)CC(C)C(=O)NNC(=O)OCCSSCC(NC(=O)C(Cc2ccccc2)NC(=O)CNC(=O)CCCNC(=O)CCC(NC(=O)NC(CCC(=O)O)C(=O)O)C(=O)O)C(=O)O)cs1)C(C)C. The van der Waals surface area contributed by atoms with Crippen LogP contribution in [0.2, 0.25) is 0 Å². The third-order valence-electron chi connectivity index (χ3n) is 17.8. The van der Waals surface area contributed by atoms with Gasteiger partial charge >= 0.3 is 42.0 Å². The molecule has 1 aromatic heterocycles. The van der Waals surface area contributed by atoms with Crippen molar-refractivity contribution in [2.24, 2.45) is 17.8 Å². The second kappa shape index (κ2) is 49.4. The van der Waals surface area contributed by atoms with Crippen LogP contribution in [0.25, 0.3) is 0 Å². The molecule has 0 radical (unpaired) electrons. The molecule has 11 amide bonds. The molecule has 38 heteroatoms. The lowest BCUT2D eigenvalue weighted by Gasteiger charge is -2.39. The molecule has 0 saturated carbocycles. The lowest BCUT2D eigenvalue weighted by molar-refractivity contribution is -0.159. The van der Waals surface area contributed by atoms with Gasteiger partial charge in [-0.2, -0.15) is 0 Å². The number of thiazole rings is 1. The number of aromatic nitrogens is 1. The van der Waals surface area contributed by atoms with Gasteiger partial charge < -0.3 is 82.4 Å². The number of likely N-dealkylation sites (N-methyl/N-ethyl adjacent to an activating group) is 1. The average molecular weight is 1600 g/mol. The van der Waals surface area contributed by atoms with Gasteiger partial charge in [-0.3, -0.25) is 58.3 Å². The van der Waals surface area contributed by atoms with Gasteiger partial charge in [0.05, 0.1) is 17.6 Å². The Morgan fingerprint density at radius 1 is 0.673 bits per heavy atom. The first-order chi connectivity index (χ1) is 52.3. The molecule has 10 unspecified atom stereocenters. The number of hydrazine groups is 1. The summed E-state index contributed by atoms with van der Waals surface area (Å²) in [6.45, 7) is 10.8. The molecule has 0 aliphatic carbocycles. The maximum absolute atomic E-state index is 14.8. The van der Waals surface area contributed by atoms with Gasteiger partial charge in [0.2, 0.25) is 41.4 Å². The number of urea groups is 1. The van der Waals surface area contributed by atoms with E-state index in [4.69, 9.17) is 14.6 Å². The zero-order chi connectivity index (χ0) is 81.4. The first kappa shape index (κ1) is 92.6. The topological polar surface area (TPSA) is 515 Å². The lowest BCUT2D eigenvalue weighted by Crippen LogP contribution is -2.59. The van der Waals surface area contributed by atoms with E-state index in [1.807, 2.05) is 57.2 Å². The van der Waals surface area contributed by atoms with E-state index in [2.05, 4.69) is 47.7 Å². The number of rotatable bonds is 49. The molecule has 608 valence electrons. The van der Waals surface area contributed by atoms with Gasteiger partial charge in [-0.15, -0.1) is 11.3 Å². The van der Waals surface area contributed by atoms with Crippen LogP contribution in [0, 0.1) is 17.8 Å². The van der Waals surface area contributed by atoms with Crippen molar-refractivity contribution in [3.8, 4) is 5.75 Å². The third kappa shape index (κ3) is 34.8. The molecule has 1 fully saturated rings. The smallest absolute Gasteiger partial charge is 0.426 e. The van der Waals surface area contributed by atoms with Crippen LogP contribution in [0.1, 0.15) is 158 Å². The van der Waals surface area contributed by atoms with Crippen molar-refractivity contribution >= 4 is 122 Å². The van der Waals surface area contributed by atoms with Crippen LogP contribution in [0.3, 0.4) is 0 Å². The fraction of sp³-hybridized carbons (Fsp3) is 0.583. The van der Waals surface area contributed by atoms with E-state index >= 15 is 0 Å². The monoisotopic (exact) mass is 1600 g/mol. The van der Waals surface area contributed by atoms with Crippen molar-refractivity contribution in [2.45, 2.75) is 199 Å². The van der Waals surface area contributed by atoms with Crippen molar-refractivity contribution < 1.29 is 107 Å². The van der Waals surface area contributed by atoms with E-state index in [0.29, 0.717) is 42.7 Å². The molecule has 0 spiro atoms. The molecule has 1 saturated heterocycles. The Balaban J connectivity index is 1.25. The fourth-order valence-corrected chi connectivity index (χ4v) is 14.2. The summed E-state index contributed by atoms with van der Waals surface area (Å²) in [7, 11) is 4.03. The number of piperidine rings is 1. The van der Waals surface area contributed by atoms with Crippen molar-refractivity contribution in [3.05, 3.63) is 81.8 Å². The molecule has 110 heavy (non-hydrogen) atoms. The predicted molar refractivity (Wildman–Crippen MR) is 405 cm³/mol. The van der Waals surface area contributed by atoms with Crippen molar-refractivity contribution in [1.82, 2.24) is 68.2 Å². The highest BCUT2D eigenvalue weighted by Gasteiger charge is 2.38. The molecule has 3 aromatic rings. The van der Waals surface area contributed by atoms with Gasteiger partial charge in [0.1, 0.15) is 48.3 Å². The number of hydrogen-bond donors (Lipinski definition) is 15. The molecule has 1 aliphatic heterocycles. The zero-order valence-corrected chi connectivity index (χ0v) is 65.3. The summed E-state index contributed by atoms with van der Waals surface area (Å²) in [4.78, 5) is 200. The average Bonchev–Trinajstić information content (AvgIpc) is 1.09. The minimum absolute atomic E-state index is 0.0196. The molecule has 4 rings (SSSR count). The molecule has 2 aromatic carbocycles. The van der Waals surface area contributed by atoms with E-state index in [1.165, 1.54) is 23.5 Å². The van der Waals surface area contributed by atoms with Crippen LogP contribution >= 0.6 is 32.9 Å². The maximum atomic E-state index is 14.8. The van der Waals surface area contributed by atoms with Crippen LogP contribution in [-0.2, 0) is 86.3 Å². The molecular weight excluding hydrogens is 1500 g/mol. The number of phenolic OH excluding ortho intramolecular Hbond substituents is 1. The summed E-state index contributed by atoms with van der Waals surface area (Å²) in [5.74, 6) is -12.2. The van der Waals surface area contributed by atoms with Gasteiger partial charge in [-0.25, -0.2) is 34.4 Å². The Hall–Kier alpha value is -9.82. The number of ether oxygens (including phenoxy) is 2. The van der Waals surface area contributed by atoms with Gasteiger partial charge in [-0.1, -0.05) is 118 Å². The van der Waals surface area contributed by atoms with E-state index in [1.54, 1.807) is 59.7 Å². The Bertz CT molecular complexity index is 3560. The number of aliphatic carboxylic acids is 4. The summed E-state index contributed by atoms with van der Waals surface area (Å²) in [5.41, 5.74) is 5.95.